The SMILES string of the molecule is C1=C2CCC3C4=C5OC5C5C6OC6C6CCC(C1)C(C23)C6C45. The molecule has 0 N–H and O–H groups in total. The largest absolute Gasteiger partial charge is 0.482 e. The van der Waals surface area contributed by atoms with Gasteiger partial charge in [0, 0.05) is 5.92 Å². The fraction of sp³-hybridized carbons (Fsp3) is 0.800. The van der Waals surface area contributed by atoms with Crippen molar-refractivity contribution in [3.05, 3.63) is 23.0 Å². The van der Waals surface area contributed by atoms with E-state index in [1.54, 1.807) is 0 Å². The first-order chi connectivity index (χ1) is 10.9. The first-order valence-electron chi connectivity index (χ1n) is 9.67. The molecule has 0 aromatic carbocycles. The van der Waals surface area contributed by atoms with Gasteiger partial charge in [-0.15, -0.1) is 0 Å². The molecule has 8 rings (SSSR count). The second-order valence-electron chi connectivity index (χ2n) is 9.37. The summed E-state index contributed by atoms with van der Waals surface area (Å²) in [4.78, 5) is 0. The van der Waals surface area contributed by atoms with E-state index in [1.807, 2.05) is 11.1 Å². The molecule has 0 radical (unpaired) electrons. The lowest BCUT2D eigenvalue weighted by atomic mass is 9.45. The standard InChI is InChI=1S/C20H22O2/c1-2-8-4-6-10-13-12(8)11-7(1)3-5-9(11)14-15(13)16(19-17(10)21-19)20-18(14)22-20/h1,8-13,15-17,19-20H,2-6H2. The Morgan fingerprint density at radius 3 is 2.95 bits per heavy atom. The molecule has 2 heterocycles. The third-order valence-electron chi connectivity index (χ3n) is 9.10. The van der Waals surface area contributed by atoms with Gasteiger partial charge in [-0.25, -0.2) is 0 Å². The maximum atomic E-state index is 6.26. The van der Waals surface area contributed by atoms with Gasteiger partial charge >= 0.3 is 0 Å². The Bertz CT molecular complexity index is 690. The average molecular weight is 294 g/mol. The Hall–Kier alpha value is -0.760. The molecule has 4 saturated carbocycles. The van der Waals surface area contributed by atoms with Gasteiger partial charge in [-0.1, -0.05) is 11.6 Å². The predicted molar refractivity (Wildman–Crippen MR) is 79.6 cm³/mol. The molecule has 0 amide bonds. The normalized spacial score (nSPS) is 66.9. The Labute approximate surface area is 130 Å². The molecule has 22 heavy (non-hydrogen) atoms. The van der Waals surface area contributed by atoms with Crippen LogP contribution in [0.4, 0.5) is 0 Å². The maximum absolute atomic E-state index is 6.26. The van der Waals surface area contributed by atoms with Gasteiger partial charge in [0.2, 0.25) is 0 Å². The summed E-state index contributed by atoms with van der Waals surface area (Å²) in [5.74, 6) is 8.67. The van der Waals surface area contributed by atoms with E-state index in [0.717, 1.165) is 47.3 Å². The molecular formula is C20H22O2. The second kappa shape index (κ2) is 3.09. The van der Waals surface area contributed by atoms with Crippen LogP contribution in [0, 0.1) is 47.3 Å². The molecule has 2 saturated heterocycles. The molecule has 0 aromatic heterocycles. The van der Waals surface area contributed by atoms with Crippen molar-refractivity contribution in [1.82, 2.24) is 0 Å². The lowest BCUT2D eigenvalue weighted by Gasteiger charge is -2.58. The fourth-order valence-electron chi connectivity index (χ4n) is 8.63. The Morgan fingerprint density at radius 1 is 0.955 bits per heavy atom. The summed E-state index contributed by atoms with van der Waals surface area (Å²) in [5.41, 5.74) is 3.67. The Balaban J connectivity index is 1.41. The lowest BCUT2D eigenvalue weighted by Crippen LogP contribution is -2.56. The zero-order chi connectivity index (χ0) is 13.7. The van der Waals surface area contributed by atoms with Crippen LogP contribution in [0.5, 0.6) is 0 Å². The highest BCUT2D eigenvalue weighted by Crippen LogP contribution is 2.75. The van der Waals surface area contributed by atoms with Crippen molar-refractivity contribution < 1.29 is 9.47 Å². The van der Waals surface area contributed by atoms with Crippen LogP contribution in [0.15, 0.2) is 23.0 Å². The maximum Gasteiger partial charge on any atom is 0.161 e. The highest BCUT2D eigenvalue weighted by Gasteiger charge is 2.75. The van der Waals surface area contributed by atoms with Crippen molar-refractivity contribution in [3.63, 3.8) is 0 Å². The quantitative estimate of drug-likeness (QED) is 0.506. The molecule has 2 heteroatoms. The van der Waals surface area contributed by atoms with Gasteiger partial charge in [0.05, 0.1) is 12.2 Å². The van der Waals surface area contributed by atoms with Gasteiger partial charge < -0.3 is 9.47 Å². The van der Waals surface area contributed by atoms with Gasteiger partial charge in [0.15, 0.2) is 6.10 Å². The molecular weight excluding hydrogens is 272 g/mol. The van der Waals surface area contributed by atoms with Gasteiger partial charge in [-0.2, -0.15) is 0 Å². The third-order valence-corrected chi connectivity index (χ3v) is 9.10. The molecule has 6 fully saturated rings. The predicted octanol–water partition coefficient (Wildman–Crippen LogP) is 3.29. The van der Waals surface area contributed by atoms with Gasteiger partial charge in [-0.3, -0.25) is 0 Å². The highest BCUT2D eigenvalue weighted by molar-refractivity contribution is 5.45. The third kappa shape index (κ3) is 0.946. The van der Waals surface area contributed by atoms with Crippen LogP contribution in [-0.2, 0) is 9.47 Å². The summed E-state index contributed by atoms with van der Waals surface area (Å²) in [7, 11) is 0. The van der Waals surface area contributed by atoms with Crippen molar-refractivity contribution in [1.29, 1.82) is 0 Å². The van der Waals surface area contributed by atoms with Crippen LogP contribution in [-0.4, -0.2) is 18.3 Å². The van der Waals surface area contributed by atoms with E-state index in [4.69, 9.17) is 9.47 Å². The molecule has 6 aliphatic carbocycles. The monoisotopic (exact) mass is 294 g/mol. The first kappa shape index (κ1) is 10.9. The number of hydrogen-bond acceptors (Lipinski definition) is 2. The van der Waals surface area contributed by atoms with Crippen molar-refractivity contribution in [3.8, 4) is 0 Å². The van der Waals surface area contributed by atoms with Crippen molar-refractivity contribution in [2.24, 2.45) is 47.3 Å². The average Bonchev–Trinajstić information content (AvgIpc) is 3.44. The van der Waals surface area contributed by atoms with Crippen LogP contribution in [0.3, 0.4) is 0 Å². The number of allylic oxidation sites excluding steroid dienone is 3. The lowest BCUT2D eigenvalue weighted by molar-refractivity contribution is -0.0532. The van der Waals surface area contributed by atoms with Crippen LogP contribution >= 0.6 is 0 Å². The molecule has 0 spiro atoms. The van der Waals surface area contributed by atoms with Gasteiger partial charge in [0.1, 0.15) is 5.76 Å². The molecule has 11 unspecified atom stereocenters. The molecule has 114 valence electrons. The number of fused-ring (bicyclic) bond motifs is 6. The summed E-state index contributed by atoms with van der Waals surface area (Å²) >= 11 is 0. The molecule has 11 atom stereocenters. The van der Waals surface area contributed by atoms with Crippen LogP contribution in [0.2, 0.25) is 0 Å². The first-order valence-corrected chi connectivity index (χ1v) is 9.67. The zero-order valence-corrected chi connectivity index (χ0v) is 12.8. The molecule has 8 aliphatic rings. The number of hydrogen-bond donors (Lipinski definition) is 0. The smallest absolute Gasteiger partial charge is 0.161 e. The van der Waals surface area contributed by atoms with Crippen LogP contribution < -0.4 is 0 Å². The van der Waals surface area contributed by atoms with E-state index in [0.29, 0.717) is 18.3 Å². The topological polar surface area (TPSA) is 25.1 Å². The Morgan fingerprint density at radius 2 is 1.95 bits per heavy atom. The van der Waals surface area contributed by atoms with Gasteiger partial charge in [-0.05, 0) is 79.1 Å². The highest BCUT2D eigenvalue weighted by atomic mass is 16.6. The van der Waals surface area contributed by atoms with E-state index in [-0.39, 0.29) is 0 Å². The minimum Gasteiger partial charge on any atom is -0.482 e. The summed E-state index contributed by atoms with van der Waals surface area (Å²) in [6.07, 6.45) is 11.5. The number of rotatable bonds is 0. The summed E-state index contributed by atoms with van der Waals surface area (Å²) in [6.45, 7) is 0. The minimum absolute atomic E-state index is 0.490. The van der Waals surface area contributed by atoms with Crippen LogP contribution in [0.25, 0.3) is 0 Å². The van der Waals surface area contributed by atoms with Crippen LogP contribution in [0.1, 0.15) is 32.1 Å². The summed E-state index contributed by atoms with van der Waals surface area (Å²) in [6, 6.07) is 0. The minimum atomic E-state index is 0.490. The van der Waals surface area contributed by atoms with E-state index >= 15 is 0 Å². The van der Waals surface area contributed by atoms with Crippen molar-refractivity contribution in [2.75, 3.05) is 0 Å². The number of ether oxygens (including phenoxy) is 2. The zero-order valence-electron chi connectivity index (χ0n) is 12.8. The molecule has 0 bridgehead atoms. The molecule has 0 aromatic rings. The second-order valence-corrected chi connectivity index (χ2v) is 9.37. The van der Waals surface area contributed by atoms with E-state index in [2.05, 4.69) is 6.08 Å². The summed E-state index contributed by atoms with van der Waals surface area (Å²) in [5, 5.41) is 0. The van der Waals surface area contributed by atoms with E-state index < -0.39 is 0 Å². The number of epoxide rings is 2. The molecule has 2 nitrogen and oxygen atoms in total. The summed E-state index contributed by atoms with van der Waals surface area (Å²) < 4.78 is 12.4. The fourth-order valence-corrected chi connectivity index (χ4v) is 8.63. The van der Waals surface area contributed by atoms with Crippen molar-refractivity contribution >= 4 is 0 Å². The Kier molecular flexibility index (Phi) is 1.53. The van der Waals surface area contributed by atoms with Gasteiger partial charge in [0.25, 0.3) is 0 Å². The van der Waals surface area contributed by atoms with Crippen molar-refractivity contribution in [2.45, 2.75) is 50.4 Å². The van der Waals surface area contributed by atoms with E-state index in [1.165, 1.54) is 37.9 Å². The van der Waals surface area contributed by atoms with E-state index in [9.17, 15) is 0 Å². The molecule has 2 aliphatic heterocycles.